The number of amides is 1. The molecule has 0 N–H and O–H groups in total. The first-order valence-corrected chi connectivity index (χ1v) is 11.9. The number of carbonyl (C=O) groups is 1. The van der Waals surface area contributed by atoms with Gasteiger partial charge >= 0.3 is 0 Å². The molecule has 0 aliphatic carbocycles. The summed E-state index contributed by atoms with van der Waals surface area (Å²) < 4.78 is 6.37. The minimum atomic E-state index is -0.0174. The lowest BCUT2D eigenvalue weighted by Crippen LogP contribution is -2.37. The number of likely N-dealkylation sites (N-methyl/N-ethyl adjacent to an activating group) is 1. The first-order chi connectivity index (χ1) is 16.0. The molecule has 0 aliphatic rings. The Kier molecular flexibility index (Phi) is 7.37. The van der Waals surface area contributed by atoms with Crippen molar-refractivity contribution in [1.82, 2.24) is 9.88 Å². The smallest absolute Gasteiger partial charge is 0.229 e. The normalized spacial score (nSPS) is 11.3. The van der Waals surface area contributed by atoms with E-state index in [1.807, 2.05) is 73.6 Å². The second-order valence-electron chi connectivity index (χ2n) is 8.26. The highest BCUT2D eigenvalue weighted by atomic mass is 32.1. The largest absolute Gasteiger partial charge is 0.497 e. The molecule has 3 aromatic carbocycles. The highest BCUT2D eigenvalue weighted by Gasteiger charge is 2.25. The van der Waals surface area contributed by atoms with Crippen molar-refractivity contribution in [3.63, 3.8) is 0 Å². The Labute approximate surface area is 199 Å². The number of aromatic nitrogens is 1. The third-order valence-electron chi connectivity index (χ3n) is 5.67. The average molecular weight is 460 g/mol. The van der Waals surface area contributed by atoms with Crippen molar-refractivity contribution in [3.8, 4) is 5.75 Å². The Morgan fingerprint density at radius 2 is 1.58 bits per heavy atom. The molecule has 4 rings (SSSR count). The van der Waals surface area contributed by atoms with Crippen LogP contribution in [0.2, 0.25) is 0 Å². The fourth-order valence-electron chi connectivity index (χ4n) is 3.85. The molecule has 4 aromatic rings. The van der Waals surface area contributed by atoms with Gasteiger partial charge in [-0.1, -0.05) is 72.0 Å². The molecule has 1 aromatic heterocycles. The first kappa shape index (κ1) is 23.0. The number of anilines is 1. The fraction of sp³-hybridized carbons (Fsp3) is 0.259. The van der Waals surface area contributed by atoms with Gasteiger partial charge in [0.25, 0.3) is 0 Å². The van der Waals surface area contributed by atoms with Crippen LogP contribution in [0.3, 0.4) is 0 Å². The summed E-state index contributed by atoms with van der Waals surface area (Å²) in [5.74, 6) is 0.842. The van der Waals surface area contributed by atoms with Gasteiger partial charge in [0.2, 0.25) is 5.91 Å². The molecular weight excluding hydrogens is 430 g/mol. The van der Waals surface area contributed by atoms with Gasteiger partial charge in [-0.15, -0.1) is 0 Å². The summed E-state index contributed by atoms with van der Waals surface area (Å²) in [7, 11) is 5.69. The standard InChI is InChI=1S/C27H29N3O2S/c1-29(2)16-17-30(27-28-24-15-14-22(32-3)18-25(24)33-27)26(31)19-23(20-10-6-4-7-11-20)21-12-8-5-9-13-21/h4-15,18,23H,16-17,19H2,1-3H3. The number of carbonyl (C=O) groups excluding carboxylic acids is 1. The number of ether oxygens (including phenoxy) is 1. The van der Waals surface area contributed by atoms with Gasteiger partial charge in [0.05, 0.1) is 17.3 Å². The van der Waals surface area contributed by atoms with Crippen LogP contribution in [0, 0.1) is 0 Å². The van der Waals surface area contributed by atoms with Crippen molar-refractivity contribution >= 4 is 32.6 Å². The topological polar surface area (TPSA) is 45.7 Å². The van der Waals surface area contributed by atoms with Crippen LogP contribution in [0.1, 0.15) is 23.5 Å². The summed E-state index contributed by atoms with van der Waals surface area (Å²) in [4.78, 5) is 22.5. The van der Waals surface area contributed by atoms with E-state index in [9.17, 15) is 4.79 Å². The van der Waals surface area contributed by atoms with E-state index in [1.165, 1.54) is 11.3 Å². The van der Waals surface area contributed by atoms with Crippen LogP contribution in [0.15, 0.2) is 78.9 Å². The summed E-state index contributed by atoms with van der Waals surface area (Å²) in [5, 5.41) is 0.727. The molecule has 1 amide bonds. The van der Waals surface area contributed by atoms with E-state index in [-0.39, 0.29) is 11.8 Å². The highest BCUT2D eigenvalue weighted by Crippen LogP contribution is 2.34. The van der Waals surface area contributed by atoms with Crippen molar-refractivity contribution in [2.24, 2.45) is 0 Å². The maximum Gasteiger partial charge on any atom is 0.229 e. The molecule has 0 spiro atoms. The quantitative estimate of drug-likeness (QED) is 0.335. The molecule has 5 nitrogen and oxygen atoms in total. The molecule has 0 bridgehead atoms. The second-order valence-corrected chi connectivity index (χ2v) is 9.27. The summed E-state index contributed by atoms with van der Waals surface area (Å²) in [6.45, 7) is 1.34. The zero-order valence-corrected chi connectivity index (χ0v) is 20.1. The Morgan fingerprint density at radius 3 is 2.15 bits per heavy atom. The summed E-state index contributed by atoms with van der Waals surface area (Å²) in [6, 6.07) is 26.3. The third kappa shape index (κ3) is 5.59. The monoisotopic (exact) mass is 459 g/mol. The van der Waals surface area contributed by atoms with E-state index >= 15 is 0 Å². The number of hydrogen-bond donors (Lipinski definition) is 0. The number of rotatable bonds is 9. The Hall–Kier alpha value is -3.22. The summed E-state index contributed by atoms with van der Waals surface area (Å²) in [5.41, 5.74) is 3.15. The van der Waals surface area contributed by atoms with Crippen molar-refractivity contribution in [2.45, 2.75) is 12.3 Å². The lowest BCUT2D eigenvalue weighted by atomic mass is 9.88. The molecule has 1 heterocycles. The minimum Gasteiger partial charge on any atom is -0.497 e. The van der Waals surface area contributed by atoms with Crippen LogP contribution in [0.25, 0.3) is 10.2 Å². The summed E-state index contributed by atoms with van der Waals surface area (Å²) >= 11 is 1.53. The minimum absolute atomic E-state index is 0.0174. The number of fused-ring (bicyclic) bond motifs is 1. The van der Waals surface area contributed by atoms with Gasteiger partial charge in [-0.3, -0.25) is 9.69 Å². The number of benzene rings is 3. The van der Waals surface area contributed by atoms with E-state index in [2.05, 4.69) is 29.2 Å². The summed E-state index contributed by atoms with van der Waals surface area (Å²) in [6.07, 6.45) is 0.376. The van der Waals surface area contributed by atoms with E-state index in [0.29, 0.717) is 13.0 Å². The molecule has 0 unspecified atom stereocenters. The Morgan fingerprint density at radius 1 is 0.939 bits per heavy atom. The third-order valence-corrected chi connectivity index (χ3v) is 6.71. The molecule has 33 heavy (non-hydrogen) atoms. The number of hydrogen-bond acceptors (Lipinski definition) is 5. The average Bonchev–Trinajstić information content (AvgIpc) is 3.26. The zero-order valence-electron chi connectivity index (χ0n) is 19.3. The Bertz CT molecular complexity index is 1150. The molecule has 0 aliphatic heterocycles. The van der Waals surface area contributed by atoms with Crippen LogP contribution in [0.5, 0.6) is 5.75 Å². The van der Waals surface area contributed by atoms with E-state index in [0.717, 1.165) is 38.8 Å². The Balaban J connectivity index is 1.67. The molecule has 0 atom stereocenters. The van der Waals surface area contributed by atoms with Gasteiger partial charge in [0.15, 0.2) is 5.13 Å². The fourth-order valence-corrected chi connectivity index (χ4v) is 4.88. The number of methoxy groups -OCH3 is 1. The molecule has 170 valence electrons. The molecule has 0 radical (unpaired) electrons. The van der Waals surface area contributed by atoms with Crippen molar-refractivity contribution < 1.29 is 9.53 Å². The van der Waals surface area contributed by atoms with Crippen molar-refractivity contribution in [3.05, 3.63) is 90.0 Å². The second kappa shape index (κ2) is 10.6. The zero-order chi connectivity index (χ0) is 23.2. The maximum atomic E-state index is 13.8. The van der Waals surface area contributed by atoms with Gasteiger partial charge in [0, 0.05) is 25.4 Å². The number of nitrogens with zero attached hydrogens (tertiary/aromatic N) is 3. The first-order valence-electron chi connectivity index (χ1n) is 11.0. The van der Waals surface area contributed by atoms with Crippen LogP contribution in [-0.2, 0) is 4.79 Å². The predicted octanol–water partition coefficient (Wildman–Crippen LogP) is 5.42. The van der Waals surface area contributed by atoms with Crippen molar-refractivity contribution in [1.29, 1.82) is 0 Å². The van der Waals surface area contributed by atoms with Crippen LogP contribution in [0.4, 0.5) is 5.13 Å². The SMILES string of the molecule is COc1ccc2nc(N(CCN(C)C)C(=O)CC(c3ccccc3)c3ccccc3)sc2c1. The van der Waals surface area contributed by atoms with Gasteiger partial charge in [-0.2, -0.15) is 0 Å². The highest BCUT2D eigenvalue weighted by molar-refractivity contribution is 7.22. The molecule has 0 saturated carbocycles. The van der Waals surface area contributed by atoms with Gasteiger partial charge in [0.1, 0.15) is 5.75 Å². The van der Waals surface area contributed by atoms with E-state index in [4.69, 9.17) is 9.72 Å². The lowest BCUT2D eigenvalue weighted by molar-refractivity contribution is -0.118. The van der Waals surface area contributed by atoms with E-state index < -0.39 is 0 Å². The van der Waals surface area contributed by atoms with Crippen molar-refractivity contribution in [2.75, 3.05) is 39.2 Å². The predicted molar refractivity (Wildman–Crippen MR) is 136 cm³/mol. The molecular formula is C27H29N3O2S. The molecule has 6 heteroatoms. The van der Waals surface area contributed by atoms with Crippen LogP contribution >= 0.6 is 11.3 Å². The van der Waals surface area contributed by atoms with Gasteiger partial charge in [-0.05, 0) is 43.4 Å². The lowest BCUT2D eigenvalue weighted by Gasteiger charge is -2.25. The van der Waals surface area contributed by atoms with Gasteiger partial charge < -0.3 is 9.64 Å². The van der Waals surface area contributed by atoms with E-state index in [1.54, 1.807) is 7.11 Å². The molecule has 0 saturated heterocycles. The maximum absolute atomic E-state index is 13.8. The van der Waals surface area contributed by atoms with Gasteiger partial charge in [-0.25, -0.2) is 4.98 Å². The molecule has 0 fully saturated rings. The number of thiazole rings is 1. The van der Waals surface area contributed by atoms with Crippen LogP contribution < -0.4 is 9.64 Å². The van der Waals surface area contributed by atoms with Crippen LogP contribution in [-0.4, -0.2) is 50.1 Å².